The molecule has 3 N–H and O–H groups in total. The molecule has 0 radical (unpaired) electrons. The number of aliphatic hydroxyl groups is 1. The van der Waals surface area contributed by atoms with E-state index < -0.39 is 72.3 Å². The van der Waals surface area contributed by atoms with Gasteiger partial charge in [0.1, 0.15) is 0 Å². The van der Waals surface area contributed by atoms with Gasteiger partial charge >= 0.3 is 30.0 Å². The molecule has 1 rings (SSSR count). The standard InChI is InChI=1S/C20H24F6N2O6/c1-5-14(29)28-18(20(24,25)26,16(31)34-7-3)27-13-9-8-12(10-11(13)4)17(32,19(21,22)23)15(30)33-6-2/h8-10,27,32H,5-7H2,1-4H3,(H,28,29)/t17-,18+/m1/s1. The first-order valence-corrected chi connectivity index (χ1v) is 9.92. The lowest BCUT2D eigenvalue weighted by atomic mass is 9.91. The van der Waals surface area contributed by atoms with Gasteiger partial charge in [0.2, 0.25) is 5.91 Å². The Balaban J connectivity index is 3.65. The summed E-state index contributed by atoms with van der Waals surface area (Å²) in [6, 6.07) is 1.81. The molecule has 34 heavy (non-hydrogen) atoms. The summed E-state index contributed by atoms with van der Waals surface area (Å²) in [4.78, 5) is 36.1. The molecule has 0 aromatic heterocycles. The molecule has 8 nitrogen and oxygen atoms in total. The zero-order valence-electron chi connectivity index (χ0n) is 18.6. The molecule has 0 unspecified atom stereocenters. The van der Waals surface area contributed by atoms with Crippen molar-refractivity contribution in [2.45, 2.75) is 57.7 Å². The molecule has 2 atom stereocenters. The van der Waals surface area contributed by atoms with Crippen molar-refractivity contribution in [3.8, 4) is 0 Å². The number of esters is 2. The number of amides is 1. The van der Waals surface area contributed by atoms with E-state index in [1.54, 1.807) is 0 Å². The van der Waals surface area contributed by atoms with Gasteiger partial charge in [-0.15, -0.1) is 0 Å². The van der Waals surface area contributed by atoms with Crippen molar-refractivity contribution in [1.82, 2.24) is 5.32 Å². The third kappa shape index (κ3) is 5.54. The van der Waals surface area contributed by atoms with Gasteiger partial charge in [-0.05, 0) is 32.4 Å². The van der Waals surface area contributed by atoms with Gasteiger partial charge in [0.05, 0.1) is 13.2 Å². The maximum atomic E-state index is 14.1. The molecule has 0 aliphatic rings. The highest BCUT2D eigenvalue weighted by molar-refractivity contribution is 5.91. The van der Waals surface area contributed by atoms with Crippen LogP contribution in [0, 0.1) is 6.92 Å². The molecule has 1 amide bonds. The van der Waals surface area contributed by atoms with Crippen molar-refractivity contribution < 1.29 is 55.3 Å². The first-order chi connectivity index (χ1) is 15.5. The normalized spacial score (nSPS) is 15.5. The molecule has 0 saturated carbocycles. The molecule has 0 heterocycles. The van der Waals surface area contributed by atoms with Crippen molar-refractivity contribution in [1.29, 1.82) is 0 Å². The van der Waals surface area contributed by atoms with Crippen LogP contribution in [-0.4, -0.2) is 54.2 Å². The van der Waals surface area contributed by atoms with E-state index in [0.29, 0.717) is 18.2 Å². The second-order valence-corrected chi connectivity index (χ2v) is 6.95. The second kappa shape index (κ2) is 10.5. The van der Waals surface area contributed by atoms with Crippen LogP contribution in [0.2, 0.25) is 0 Å². The van der Waals surface area contributed by atoms with Crippen molar-refractivity contribution in [3.05, 3.63) is 29.3 Å². The van der Waals surface area contributed by atoms with Gasteiger partial charge in [-0.1, -0.05) is 19.1 Å². The number of hydrogen-bond acceptors (Lipinski definition) is 7. The van der Waals surface area contributed by atoms with E-state index >= 15 is 0 Å². The Labute approximate surface area is 190 Å². The van der Waals surface area contributed by atoms with Crippen LogP contribution in [0.5, 0.6) is 0 Å². The van der Waals surface area contributed by atoms with Gasteiger partial charge in [-0.2, -0.15) is 26.3 Å². The smallest absolute Gasteiger partial charge is 0.441 e. The summed E-state index contributed by atoms with van der Waals surface area (Å²) in [5.74, 6) is -5.12. The lowest BCUT2D eigenvalue weighted by Gasteiger charge is -2.36. The third-order valence-electron chi connectivity index (χ3n) is 4.60. The van der Waals surface area contributed by atoms with Gasteiger partial charge in [-0.3, -0.25) is 4.79 Å². The first kappa shape index (κ1) is 29.0. The Morgan fingerprint density at radius 1 is 0.912 bits per heavy atom. The van der Waals surface area contributed by atoms with Gasteiger partial charge in [0.15, 0.2) is 0 Å². The maximum Gasteiger partial charge on any atom is 0.441 e. The van der Waals surface area contributed by atoms with Gasteiger partial charge in [-0.25, -0.2) is 9.59 Å². The van der Waals surface area contributed by atoms with Crippen molar-refractivity contribution in [2.75, 3.05) is 18.5 Å². The minimum absolute atomic E-state index is 0.340. The van der Waals surface area contributed by atoms with Crippen LogP contribution < -0.4 is 10.6 Å². The van der Waals surface area contributed by atoms with Crippen LogP contribution in [0.4, 0.5) is 32.0 Å². The van der Waals surface area contributed by atoms with Crippen LogP contribution in [0.15, 0.2) is 18.2 Å². The van der Waals surface area contributed by atoms with E-state index in [2.05, 4.69) is 9.47 Å². The van der Waals surface area contributed by atoms with E-state index in [1.165, 1.54) is 26.1 Å². The fraction of sp³-hybridized carbons (Fsp3) is 0.550. The zero-order valence-corrected chi connectivity index (χ0v) is 18.6. The number of ether oxygens (including phenoxy) is 2. The molecule has 192 valence electrons. The average Bonchev–Trinajstić information content (AvgIpc) is 2.72. The minimum Gasteiger partial charge on any atom is -0.463 e. The van der Waals surface area contributed by atoms with Gasteiger partial charge in [0, 0.05) is 17.7 Å². The molecular weight excluding hydrogens is 478 g/mol. The lowest BCUT2D eigenvalue weighted by molar-refractivity contribution is -0.267. The van der Waals surface area contributed by atoms with E-state index in [4.69, 9.17) is 0 Å². The number of benzene rings is 1. The summed E-state index contributed by atoms with van der Waals surface area (Å²) < 4.78 is 91.7. The van der Waals surface area contributed by atoms with Gasteiger partial charge < -0.3 is 25.2 Å². The van der Waals surface area contributed by atoms with Crippen molar-refractivity contribution >= 4 is 23.5 Å². The molecule has 0 saturated heterocycles. The van der Waals surface area contributed by atoms with E-state index in [0.717, 1.165) is 6.92 Å². The molecular formula is C20H24F6N2O6. The number of carbonyl (C=O) groups excluding carboxylic acids is 3. The number of alkyl halides is 6. The quantitative estimate of drug-likeness (QED) is 0.270. The van der Waals surface area contributed by atoms with Crippen LogP contribution in [0.1, 0.15) is 38.3 Å². The number of hydrogen-bond donors (Lipinski definition) is 3. The summed E-state index contributed by atoms with van der Waals surface area (Å²) in [5.41, 5.74) is -9.80. The predicted octanol–water partition coefficient (Wildman–Crippen LogP) is 3.07. The van der Waals surface area contributed by atoms with Crippen LogP contribution >= 0.6 is 0 Å². The predicted molar refractivity (Wildman–Crippen MR) is 105 cm³/mol. The summed E-state index contributed by atoms with van der Waals surface area (Å²) in [6.07, 6.45) is -11.4. The Morgan fingerprint density at radius 2 is 1.44 bits per heavy atom. The number of rotatable bonds is 9. The number of carbonyl (C=O) groups is 3. The Morgan fingerprint density at radius 3 is 1.85 bits per heavy atom. The van der Waals surface area contributed by atoms with Crippen LogP contribution in [0.3, 0.4) is 0 Å². The monoisotopic (exact) mass is 502 g/mol. The molecule has 0 bridgehead atoms. The second-order valence-electron chi connectivity index (χ2n) is 6.95. The molecule has 14 heteroatoms. The molecule has 0 spiro atoms. The zero-order chi connectivity index (χ0) is 26.5. The maximum absolute atomic E-state index is 14.1. The largest absolute Gasteiger partial charge is 0.463 e. The summed E-state index contributed by atoms with van der Waals surface area (Å²) in [6.45, 7) is 3.77. The fourth-order valence-electron chi connectivity index (χ4n) is 2.79. The van der Waals surface area contributed by atoms with Crippen molar-refractivity contribution in [3.63, 3.8) is 0 Å². The summed E-state index contributed by atoms with van der Waals surface area (Å²) in [5, 5.41) is 13.5. The highest BCUT2D eigenvalue weighted by Gasteiger charge is 2.64. The molecule has 1 aromatic carbocycles. The Hall–Kier alpha value is -3.03. The SMILES string of the molecule is CCOC(=O)[C@@](NC(=O)CC)(Nc1ccc([C@@](O)(C(=O)OCC)C(F)(F)F)cc1C)C(F)(F)F. The molecule has 1 aromatic rings. The number of nitrogens with one attached hydrogen (secondary N) is 2. The van der Waals surface area contributed by atoms with Gasteiger partial charge in [0.25, 0.3) is 5.60 Å². The lowest BCUT2D eigenvalue weighted by Crippen LogP contribution is -2.69. The van der Waals surface area contributed by atoms with E-state index in [9.17, 15) is 45.8 Å². The Bertz CT molecular complexity index is 920. The Kier molecular flexibility index (Phi) is 8.95. The molecule has 0 fully saturated rings. The number of halogens is 6. The van der Waals surface area contributed by atoms with Crippen molar-refractivity contribution in [2.24, 2.45) is 0 Å². The van der Waals surface area contributed by atoms with E-state index in [1.807, 2.05) is 5.32 Å². The number of aryl methyl sites for hydroxylation is 1. The third-order valence-corrected chi connectivity index (χ3v) is 4.60. The van der Waals surface area contributed by atoms with E-state index in [-0.39, 0.29) is 5.56 Å². The average molecular weight is 502 g/mol. The minimum atomic E-state index is -5.53. The topological polar surface area (TPSA) is 114 Å². The fourth-order valence-corrected chi connectivity index (χ4v) is 2.79. The van der Waals surface area contributed by atoms with Crippen LogP contribution in [-0.2, 0) is 29.5 Å². The number of anilines is 1. The molecule has 0 aliphatic carbocycles. The highest BCUT2D eigenvalue weighted by atomic mass is 19.4. The highest BCUT2D eigenvalue weighted by Crippen LogP contribution is 2.42. The summed E-state index contributed by atoms with van der Waals surface area (Å²) >= 11 is 0. The first-order valence-electron chi connectivity index (χ1n) is 9.92. The molecule has 0 aliphatic heterocycles. The summed E-state index contributed by atoms with van der Waals surface area (Å²) in [7, 11) is 0. The van der Waals surface area contributed by atoms with Crippen LogP contribution in [0.25, 0.3) is 0 Å².